The molecule has 0 nitrogen and oxygen atoms in total. The molecule has 29 heavy (non-hydrogen) atoms. The Morgan fingerprint density at radius 1 is 0.862 bits per heavy atom. The van der Waals surface area contributed by atoms with E-state index >= 15 is 0 Å². The van der Waals surface area contributed by atoms with Crippen molar-refractivity contribution in [2.45, 2.75) is 43.6 Å². The van der Waals surface area contributed by atoms with E-state index in [1.54, 1.807) is 3.88 Å². The topological polar surface area (TPSA) is 0 Å². The van der Waals surface area contributed by atoms with Gasteiger partial charge in [0.15, 0.2) is 0 Å². The molecule has 0 fully saturated rings. The Bertz CT molecular complexity index is 1050. The summed E-state index contributed by atoms with van der Waals surface area (Å²) >= 11 is -3.62. The third-order valence-corrected chi connectivity index (χ3v) is 24.4. The first-order valence-electron chi connectivity index (χ1n) is 10.0. The van der Waals surface area contributed by atoms with Gasteiger partial charge in [-0.2, -0.15) is 0 Å². The number of halogens is 3. The van der Waals surface area contributed by atoms with Crippen LogP contribution in [-0.2, 0) is 13.0 Å². The fourth-order valence-corrected chi connectivity index (χ4v) is 20.5. The van der Waals surface area contributed by atoms with Crippen molar-refractivity contribution in [1.82, 2.24) is 0 Å². The van der Waals surface area contributed by atoms with Gasteiger partial charge < -0.3 is 0 Å². The van der Waals surface area contributed by atoms with Crippen LogP contribution in [0.1, 0.15) is 50.0 Å². The van der Waals surface area contributed by atoms with Gasteiger partial charge in [-0.3, -0.25) is 0 Å². The molecular formula is C24H31Cl3SiTi. The normalized spacial score (nSPS) is 18.9. The van der Waals surface area contributed by atoms with Crippen molar-refractivity contribution >= 4 is 41.8 Å². The molecule has 0 aliphatic heterocycles. The molecule has 0 heterocycles. The summed E-state index contributed by atoms with van der Waals surface area (Å²) in [6.45, 7) is 11.6. The molecule has 156 valence electrons. The summed E-state index contributed by atoms with van der Waals surface area (Å²) in [6.07, 6.45) is 0. The molecule has 2 aromatic rings. The van der Waals surface area contributed by atoms with E-state index in [0.717, 1.165) is 4.73 Å². The summed E-state index contributed by atoms with van der Waals surface area (Å²) in [4.78, 5) is 0. The van der Waals surface area contributed by atoms with Gasteiger partial charge in [-0.25, -0.2) is 0 Å². The van der Waals surface area contributed by atoms with Crippen LogP contribution in [0.25, 0.3) is 11.1 Å². The van der Waals surface area contributed by atoms with Crippen molar-refractivity contribution in [2.75, 3.05) is 0 Å². The minimum absolute atomic E-state index is 0. The van der Waals surface area contributed by atoms with Crippen LogP contribution in [0.3, 0.4) is 0 Å². The standard InChI is InChI=1S/C13H9.C9H13.C2H5.3ClH.H2Si.Ti/c1-3-7-12-10(5-1)9-11-6-2-4-8-13(11)12;1-6-5-7(2)9(4)8(6)3;1-2;;;;;/h1-9H;6H,1-4H3;1H2,2H3;3*1H;1H2;/q;;;;;;;+1/p-1. The summed E-state index contributed by atoms with van der Waals surface area (Å²) in [5.74, 6) is 0.469. The Morgan fingerprint density at radius 2 is 1.31 bits per heavy atom. The average molecular weight is 502 g/mol. The molecule has 5 heteroatoms. The van der Waals surface area contributed by atoms with Crippen molar-refractivity contribution in [3.63, 3.8) is 0 Å². The van der Waals surface area contributed by atoms with Crippen molar-refractivity contribution in [1.29, 1.82) is 0 Å². The van der Waals surface area contributed by atoms with Crippen LogP contribution in [-0.4, -0.2) is 7.63 Å². The van der Waals surface area contributed by atoms with Gasteiger partial charge in [-0.05, 0) is 0 Å². The van der Waals surface area contributed by atoms with E-state index in [1.165, 1.54) is 39.0 Å². The van der Waals surface area contributed by atoms with Crippen molar-refractivity contribution in [2.24, 2.45) is 5.92 Å². The van der Waals surface area contributed by atoms with Gasteiger partial charge in [0.25, 0.3) is 0 Å². The third kappa shape index (κ3) is 3.37. The fourth-order valence-electron chi connectivity index (χ4n) is 5.74. The minimum atomic E-state index is -3.62. The summed E-state index contributed by atoms with van der Waals surface area (Å²) in [7, 11) is 10.3. The van der Waals surface area contributed by atoms with Gasteiger partial charge in [-0.1, -0.05) is 0 Å². The molecule has 0 saturated heterocycles. The minimum Gasteiger partial charge on any atom is -0.147 e. The number of allylic oxidation sites excluding steroid dienone is 4. The zero-order valence-electron chi connectivity index (χ0n) is 17.9. The van der Waals surface area contributed by atoms with E-state index in [-0.39, 0.29) is 24.8 Å². The quantitative estimate of drug-likeness (QED) is 0.378. The second-order valence-electron chi connectivity index (χ2n) is 8.66. The molecule has 4 rings (SSSR count). The Labute approximate surface area is 194 Å². The van der Waals surface area contributed by atoms with Gasteiger partial charge in [0.1, 0.15) is 0 Å². The summed E-state index contributed by atoms with van der Waals surface area (Å²) in [5, 5.41) is 0. The Balaban J connectivity index is 0.00000150. The number of rotatable bonds is 3. The predicted octanol–water partition coefficient (Wildman–Crippen LogP) is 7.69. The molecule has 0 radical (unpaired) electrons. The zero-order chi connectivity index (χ0) is 19.6. The average Bonchev–Trinajstić information content (AvgIpc) is 3.11. The van der Waals surface area contributed by atoms with E-state index in [0.29, 0.717) is 10.1 Å². The first-order chi connectivity index (χ1) is 12.7. The Morgan fingerprint density at radius 3 is 1.69 bits per heavy atom. The van der Waals surface area contributed by atoms with Crippen LogP contribution in [0, 0.1) is 5.92 Å². The van der Waals surface area contributed by atoms with E-state index in [1.807, 2.05) is 0 Å². The van der Waals surface area contributed by atoms with Gasteiger partial charge in [0.05, 0.1) is 0 Å². The molecule has 1 unspecified atom stereocenters. The molecule has 0 spiro atoms. The van der Waals surface area contributed by atoms with Crippen LogP contribution in [0.5, 0.6) is 0 Å². The first kappa shape index (κ1) is 25.0. The maximum Gasteiger partial charge on any atom is -0.147 e. The molecule has 0 N–H and O–H groups in total. The first-order valence-corrected chi connectivity index (χ1v) is 19.0. The number of hydrogen-bond donors (Lipinski definition) is 0. The molecule has 0 aromatic heterocycles. The van der Waals surface area contributed by atoms with Gasteiger partial charge >= 0.3 is 171 Å². The van der Waals surface area contributed by atoms with E-state index < -0.39 is 13.0 Å². The Kier molecular flexibility index (Phi) is 7.18. The van der Waals surface area contributed by atoms with Crippen molar-refractivity contribution in [3.05, 3.63) is 80.3 Å². The van der Waals surface area contributed by atoms with E-state index in [9.17, 15) is 0 Å². The van der Waals surface area contributed by atoms with Crippen LogP contribution in [0.15, 0.2) is 69.1 Å². The Hall–Kier alpha value is -0.279. The molecule has 1 atom stereocenters. The van der Waals surface area contributed by atoms with Crippen LogP contribution >= 0.6 is 34.1 Å². The summed E-state index contributed by atoms with van der Waals surface area (Å²) in [6, 6.07) is 17.9. The monoisotopic (exact) mass is 500 g/mol. The van der Waals surface area contributed by atoms with E-state index in [2.05, 4.69) is 90.8 Å². The second-order valence-corrected chi connectivity index (χ2v) is 29.0. The maximum absolute atomic E-state index is 8.09. The number of benzene rings is 2. The SMILES string of the molecule is C[CH2][Ti](=[SiH2])([Cl])([C]1=C(C)C(C)=C(C)C1C)[CH]1c2ccccc2-c2ccccc21.Cl.Cl. The summed E-state index contributed by atoms with van der Waals surface area (Å²) in [5.41, 5.74) is 10.1. The molecular weight excluding hydrogens is 471 g/mol. The predicted molar refractivity (Wildman–Crippen MR) is 133 cm³/mol. The summed E-state index contributed by atoms with van der Waals surface area (Å²) < 4.78 is 3.05. The smallest absolute Gasteiger partial charge is 0.147 e. The van der Waals surface area contributed by atoms with Crippen LogP contribution in [0.4, 0.5) is 0 Å². The third-order valence-electron chi connectivity index (χ3n) is 7.54. The van der Waals surface area contributed by atoms with Gasteiger partial charge in [-0.15, -0.1) is 24.8 Å². The van der Waals surface area contributed by atoms with Crippen LogP contribution in [0.2, 0.25) is 4.73 Å². The fraction of sp³-hybridized carbons (Fsp3) is 0.333. The van der Waals surface area contributed by atoms with E-state index in [4.69, 9.17) is 9.30 Å². The van der Waals surface area contributed by atoms with Crippen molar-refractivity contribution in [3.8, 4) is 11.1 Å². The van der Waals surface area contributed by atoms with Gasteiger partial charge in [0, 0.05) is 0 Å². The van der Waals surface area contributed by atoms with Crippen LogP contribution < -0.4 is 0 Å². The molecule has 0 amide bonds. The molecule has 0 saturated carbocycles. The molecule has 2 aliphatic carbocycles. The second kappa shape index (κ2) is 8.34. The zero-order valence-corrected chi connectivity index (χ0v) is 23.2. The molecule has 0 bridgehead atoms. The number of fused-ring (bicyclic) bond motifs is 3. The maximum atomic E-state index is 8.09. The largest absolute Gasteiger partial charge is 0.147 e. The van der Waals surface area contributed by atoms with Crippen molar-refractivity contribution < 1.29 is 13.0 Å². The molecule has 2 aromatic carbocycles. The molecule has 2 aliphatic rings. The van der Waals surface area contributed by atoms with Gasteiger partial charge in [0.2, 0.25) is 0 Å². The number of hydrogen-bond acceptors (Lipinski definition) is 0.